The molecule has 0 bridgehead atoms. The van der Waals surface area contributed by atoms with E-state index in [-0.39, 0.29) is 7.33 Å². The minimum Gasteiger partial charge on any atom is -0.489 e. The number of carbonyl (C=O) groups is 1. The van der Waals surface area contributed by atoms with Gasteiger partial charge in [-0.15, -0.1) is 0 Å². The number of carbonyl (C=O) groups excluding carboxylic acids is 1. The number of anilines is 2. The quantitative estimate of drug-likeness (QED) is 0.322. The Morgan fingerprint density at radius 2 is 1.79 bits per heavy atom. The predicted octanol–water partition coefficient (Wildman–Crippen LogP) is 5.31. The lowest BCUT2D eigenvalue weighted by Gasteiger charge is -2.29. The fraction of sp³-hybridized carbons (Fsp3) is 0.167. The molecule has 0 spiro atoms. The highest BCUT2D eigenvalue weighted by Gasteiger charge is 2.15. The van der Waals surface area contributed by atoms with E-state index in [9.17, 15) is 4.79 Å². The molecule has 6 rings (SSSR count). The summed E-state index contributed by atoms with van der Waals surface area (Å²) < 4.78 is 13.0. The van der Waals surface area contributed by atoms with E-state index < -0.39 is 0 Å². The minimum atomic E-state index is -0.275. The summed E-state index contributed by atoms with van der Waals surface area (Å²) >= 11 is 0. The number of nitrogens with zero attached hydrogens (tertiary/aromatic N) is 4. The summed E-state index contributed by atoms with van der Waals surface area (Å²) in [5.41, 5.74) is 5.60. The van der Waals surface area contributed by atoms with Crippen molar-refractivity contribution >= 4 is 22.9 Å². The second kappa shape index (κ2) is 10.7. The molecular weight excluding hydrogens is 478 g/mol. The molecule has 0 radical (unpaired) electrons. The summed E-state index contributed by atoms with van der Waals surface area (Å²) in [5.74, 6) is 0.504. The Balaban J connectivity index is 0.00000308. The SMILES string of the molecule is O=C(Nc1cccc(N2CCOCC2)c1)c1ccn2ncc(-c3ccc(OCc4ccccc4)cc3)c2n1.[HH]. The second-order valence-electron chi connectivity index (χ2n) is 9.04. The zero-order valence-electron chi connectivity index (χ0n) is 20.8. The van der Waals surface area contributed by atoms with Gasteiger partial charge in [-0.2, -0.15) is 5.10 Å². The number of hydrogen-bond donors (Lipinski definition) is 1. The lowest BCUT2D eigenvalue weighted by molar-refractivity contribution is 0.102. The third kappa shape index (κ3) is 5.21. The average molecular weight is 508 g/mol. The molecule has 1 fully saturated rings. The van der Waals surface area contributed by atoms with E-state index in [0.29, 0.717) is 31.2 Å². The summed E-state index contributed by atoms with van der Waals surface area (Å²) in [4.78, 5) is 20.0. The molecule has 1 saturated heterocycles. The number of nitrogens with one attached hydrogen (secondary N) is 1. The van der Waals surface area contributed by atoms with E-state index in [1.54, 1.807) is 23.0 Å². The Morgan fingerprint density at radius 3 is 2.61 bits per heavy atom. The van der Waals surface area contributed by atoms with Gasteiger partial charge in [0.15, 0.2) is 5.65 Å². The molecule has 1 amide bonds. The molecule has 8 heteroatoms. The molecule has 2 aromatic heterocycles. The van der Waals surface area contributed by atoms with E-state index in [1.165, 1.54) is 0 Å². The van der Waals surface area contributed by atoms with Crippen molar-refractivity contribution < 1.29 is 15.7 Å². The van der Waals surface area contributed by atoms with Crippen molar-refractivity contribution in [3.63, 3.8) is 0 Å². The zero-order valence-corrected chi connectivity index (χ0v) is 20.8. The lowest BCUT2D eigenvalue weighted by atomic mass is 10.1. The van der Waals surface area contributed by atoms with Gasteiger partial charge in [0.05, 0.1) is 19.4 Å². The molecule has 1 aliphatic rings. The topological polar surface area (TPSA) is 81.0 Å². The maximum atomic E-state index is 13.1. The standard InChI is InChI=1S/C30H27N5O3.H2/c36-30(32-24-7-4-8-25(19-24)34-15-17-37-18-16-34)28-13-14-35-29(33-28)27(20-31-35)23-9-11-26(12-10-23)38-21-22-5-2-1-3-6-22;/h1-14,19-20H,15-18,21H2,(H,32,36);1H. The monoisotopic (exact) mass is 507 g/mol. The van der Waals surface area contributed by atoms with E-state index in [1.807, 2.05) is 78.9 Å². The number of benzene rings is 3. The van der Waals surface area contributed by atoms with Crippen molar-refractivity contribution in [3.8, 4) is 16.9 Å². The Morgan fingerprint density at radius 1 is 0.974 bits per heavy atom. The molecule has 1 aliphatic heterocycles. The van der Waals surface area contributed by atoms with Crippen LogP contribution in [0.1, 0.15) is 17.5 Å². The van der Waals surface area contributed by atoms with Crippen LogP contribution in [-0.4, -0.2) is 46.8 Å². The first kappa shape index (κ1) is 23.7. The van der Waals surface area contributed by atoms with Gasteiger partial charge in [0.25, 0.3) is 5.91 Å². The van der Waals surface area contributed by atoms with Crippen LogP contribution in [-0.2, 0) is 11.3 Å². The Kier molecular flexibility index (Phi) is 6.70. The van der Waals surface area contributed by atoms with Gasteiger partial charge < -0.3 is 19.7 Å². The first-order valence-electron chi connectivity index (χ1n) is 12.6. The van der Waals surface area contributed by atoms with Gasteiger partial charge in [-0.3, -0.25) is 4.79 Å². The summed E-state index contributed by atoms with van der Waals surface area (Å²) in [7, 11) is 0. The van der Waals surface area contributed by atoms with Gasteiger partial charge in [-0.05, 0) is 47.5 Å². The summed E-state index contributed by atoms with van der Waals surface area (Å²) in [5, 5.41) is 7.40. The number of rotatable bonds is 7. The molecule has 0 saturated carbocycles. The van der Waals surface area contributed by atoms with Crippen LogP contribution in [0.15, 0.2) is 97.3 Å². The molecule has 3 aromatic carbocycles. The molecule has 0 unspecified atom stereocenters. The summed E-state index contributed by atoms with van der Waals surface area (Å²) in [6.07, 6.45) is 3.51. The fourth-order valence-corrected chi connectivity index (χ4v) is 4.47. The van der Waals surface area contributed by atoms with Gasteiger partial charge in [-0.1, -0.05) is 48.5 Å². The van der Waals surface area contributed by atoms with Crippen LogP contribution in [0, 0.1) is 0 Å². The Hall–Kier alpha value is -4.69. The van der Waals surface area contributed by atoms with E-state index in [4.69, 9.17) is 9.47 Å². The smallest absolute Gasteiger partial charge is 0.274 e. The lowest BCUT2D eigenvalue weighted by Crippen LogP contribution is -2.36. The van der Waals surface area contributed by atoms with Crippen molar-refractivity contribution in [2.45, 2.75) is 6.61 Å². The highest BCUT2D eigenvalue weighted by Crippen LogP contribution is 2.26. The van der Waals surface area contributed by atoms with E-state index >= 15 is 0 Å². The van der Waals surface area contributed by atoms with Gasteiger partial charge in [0, 0.05) is 37.7 Å². The van der Waals surface area contributed by atoms with Crippen molar-refractivity contribution in [2.75, 3.05) is 36.5 Å². The molecule has 5 aromatic rings. The molecule has 192 valence electrons. The molecule has 38 heavy (non-hydrogen) atoms. The van der Waals surface area contributed by atoms with E-state index in [0.717, 1.165) is 46.9 Å². The van der Waals surface area contributed by atoms with Crippen LogP contribution < -0.4 is 15.0 Å². The number of aromatic nitrogens is 3. The van der Waals surface area contributed by atoms with Crippen LogP contribution >= 0.6 is 0 Å². The van der Waals surface area contributed by atoms with Crippen molar-refractivity contribution in [1.82, 2.24) is 14.6 Å². The van der Waals surface area contributed by atoms with Crippen LogP contribution in [0.2, 0.25) is 0 Å². The predicted molar refractivity (Wildman–Crippen MR) is 149 cm³/mol. The number of fused-ring (bicyclic) bond motifs is 1. The highest BCUT2D eigenvalue weighted by molar-refractivity contribution is 6.03. The van der Waals surface area contributed by atoms with E-state index in [2.05, 4.69) is 20.3 Å². The third-order valence-electron chi connectivity index (χ3n) is 6.50. The number of morpholine rings is 1. The van der Waals surface area contributed by atoms with Gasteiger partial charge in [-0.25, -0.2) is 9.50 Å². The number of ether oxygens (including phenoxy) is 2. The van der Waals surface area contributed by atoms with Gasteiger partial charge in [0.2, 0.25) is 0 Å². The minimum absolute atomic E-state index is 0. The zero-order chi connectivity index (χ0) is 25.7. The first-order valence-corrected chi connectivity index (χ1v) is 12.6. The van der Waals surface area contributed by atoms with Crippen molar-refractivity contribution in [1.29, 1.82) is 0 Å². The van der Waals surface area contributed by atoms with Gasteiger partial charge >= 0.3 is 0 Å². The van der Waals surface area contributed by atoms with Crippen LogP contribution in [0.3, 0.4) is 0 Å². The van der Waals surface area contributed by atoms with Crippen LogP contribution in [0.5, 0.6) is 5.75 Å². The Bertz CT molecular complexity index is 1550. The molecule has 1 N–H and O–H groups in total. The number of hydrogen-bond acceptors (Lipinski definition) is 6. The largest absolute Gasteiger partial charge is 0.489 e. The molecule has 8 nitrogen and oxygen atoms in total. The normalized spacial score (nSPS) is 13.4. The van der Waals surface area contributed by atoms with Crippen molar-refractivity contribution in [2.24, 2.45) is 0 Å². The average Bonchev–Trinajstić information content (AvgIpc) is 3.41. The third-order valence-corrected chi connectivity index (χ3v) is 6.50. The molecule has 0 aliphatic carbocycles. The maximum Gasteiger partial charge on any atom is 0.274 e. The Labute approximate surface area is 221 Å². The first-order chi connectivity index (χ1) is 18.7. The van der Waals surface area contributed by atoms with Crippen LogP contribution in [0.4, 0.5) is 11.4 Å². The highest BCUT2D eigenvalue weighted by atomic mass is 16.5. The summed E-state index contributed by atoms with van der Waals surface area (Å²) in [6.45, 7) is 3.58. The van der Waals surface area contributed by atoms with Crippen molar-refractivity contribution in [3.05, 3.63) is 109 Å². The molecule has 0 atom stereocenters. The number of amides is 1. The molecular formula is C30H29N5O3. The fourth-order valence-electron chi connectivity index (χ4n) is 4.47. The summed E-state index contributed by atoms with van der Waals surface area (Å²) in [6, 6.07) is 27.4. The second-order valence-corrected chi connectivity index (χ2v) is 9.04. The maximum absolute atomic E-state index is 13.1. The molecule has 3 heterocycles. The van der Waals surface area contributed by atoms with Crippen LogP contribution in [0.25, 0.3) is 16.8 Å². The van der Waals surface area contributed by atoms with Gasteiger partial charge in [0.1, 0.15) is 18.1 Å².